The van der Waals surface area contributed by atoms with Crippen LogP contribution in [0.15, 0.2) is 120 Å². The van der Waals surface area contributed by atoms with Gasteiger partial charge < -0.3 is 16.0 Å². The van der Waals surface area contributed by atoms with Crippen LogP contribution < -0.4 is 16.0 Å². The smallest absolute Gasteiger partial charge is 0.321 e. The van der Waals surface area contributed by atoms with Crippen LogP contribution in [0.2, 0.25) is 0 Å². The van der Waals surface area contributed by atoms with Crippen molar-refractivity contribution >= 4 is 46.9 Å². The predicted molar refractivity (Wildman–Crippen MR) is 179 cm³/mol. The molecule has 0 aliphatic heterocycles. The lowest BCUT2D eigenvalue weighted by atomic mass is 10.0. The maximum Gasteiger partial charge on any atom is 0.422 e. The normalized spacial score (nSPS) is 11.5. The van der Waals surface area contributed by atoms with Crippen LogP contribution in [0.1, 0.15) is 21.5 Å². The van der Waals surface area contributed by atoms with Gasteiger partial charge in [0.15, 0.2) is 23.3 Å². The molecule has 260 valence electrons. The number of rotatable bonds is 10. The van der Waals surface area contributed by atoms with Crippen molar-refractivity contribution in [2.24, 2.45) is 0 Å². The Bertz CT molecular complexity index is 2060. The fourth-order valence-corrected chi connectivity index (χ4v) is 5.36. The van der Waals surface area contributed by atoms with E-state index in [9.17, 15) is 45.1 Å². The maximum atomic E-state index is 14.2. The second-order valence-electron chi connectivity index (χ2n) is 10.7. The van der Waals surface area contributed by atoms with Gasteiger partial charge in [0.2, 0.25) is 5.91 Å². The van der Waals surface area contributed by atoms with Gasteiger partial charge in [-0.25, -0.2) is 17.6 Å². The Kier molecular flexibility index (Phi) is 11.2. The van der Waals surface area contributed by atoms with E-state index in [4.69, 9.17) is 0 Å². The summed E-state index contributed by atoms with van der Waals surface area (Å²) in [6.45, 7) is 0. The van der Waals surface area contributed by atoms with Crippen molar-refractivity contribution in [2.45, 2.75) is 11.1 Å². The van der Waals surface area contributed by atoms with Gasteiger partial charge >= 0.3 is 6.18 Å². The number of alkyl halides is 3. The van der Waals surface area contributed by atoms with Gasteiger partial charge in [-0.3, -0.25) is 14.4 Å². The molecule has 3 N–H and O–H groups in total. The third-order valence-corrected chi connectivity index (χ3v) is 8.16. The van der Waals surface area contributed by atoms with Crippen molar-refractivity contribution in [1.29, 1.82) is 0 Å². The molecule has 6 nitrogen and oxygen atoms in total. The summed E-state index contributed by atoms with van der Waals surface area (Å²) in [7, 11) is 0. The highest BCUT2D eigenvalue weighted by Crippen LogP contribution is 2.38. The molecule has 5 aromatic carbocycles. The highest BCUT2D eigenvalue weighted by Gasteiger charge is 2.42. The summed E-state index contributed by atoms with van der Waals surface area (Å²) in [5.41, 5.74) is -1.34. The number of benzene rings is 5. The minimum atomic E-state index is -5.72. The average molecular weight is 724 g/mol. The molecule has 0 fully saturated rings. The summed E-state index contributed by atoms with van der Waals surface area (Å²) < 4.78 is 94.6. The Morgan fingerprint density at radius 1 is 0.647 bits per heavy atom. The topological polar surface area (TPSA) is 87.3 Å². The molecular formula is C37H24F7N3O3S. The summed E-state index contributed by atoms with van der Waals surface area (Å²) in [6, 6.07) is 31.1. The van der Waals surface area contributed by atoms with E-state index >= 15 is 0 Å². The quantitative estimate of drug-likeness (QED) is 0.0581. The van der Waals surface area contributed by atoms with Crippen LogP contribution in [-0.2, 0) is 15.8 Å². The van der Waals surface area contributed by atoms with E-state index in [2.05, 4.69) is 10.6 Å². The van der Waals surface area contributed by atoms with Crippen molar-refractivity contribution in [3.8, 4) is 11.1 Å². The first kappa shape index (κ1) is 36.4. The molecule has 0 saturated carbocycles. The maximum absolute atomic E-state index is 14.2. The monoisotopic (exact) mass is 723 g/mol. The molecule has 5 rings (SSSR count). The summed E-state index contributed by atoms with van der Waals surface area (Å²) in [4.78, 5) is 39.0. The number of hydrogen-bond donors (Lipinski definition) is 3. The van der Waals surface area contributed by atoms with Gasteiger partial charge in [-0.05, 0) is 59.2 Å². The lowest BCUT2D eigenvalue weighted by Crippen LogP contribution is -2.30. The molecule has 0 unspecified atom stereocenters. The average Bonchev–Trinajstić information content (AvgIpc) is 3.12. The van der Waals surface area contributed by atoms with Crippen molar-refractivity contribution in [3.63, 3.8) is 0 Å². The van der Waals surface area contributed by atoms with Crippen LogP contribution in [0, 0.1) is 23.3 Å². The molecule has 5 aromatic rings. The number of nitrogens with one attached hydrogen (secondary N) is 3. The number of anilines is 2. The molecule has 14 heteroatoms. The van der Waals surface area contributed by atoms with Crippen LogP contribution >= 0.6 is 11.8 Å². The molecular weight excluding hydrogens is 699 g/mol. The summed E-state index contributed by atoms with van der Waals surface area (Å²) in [5.74, 6) is -13.1. The van der Waals surface area contributed by atoms with E-state index in [1.54, 1.807) is 47.8 Å². The zero-order chi connectivity index (χ0) is 36.7. The minimum absolute atomic E-state index is 0.0676. The van der Waals surface area contributed by atoms with Crippen molar-refractivity contribution in [3.05, 3.63) is 155 Å². The summed E-state index contributed by atoms with van der Waals surface area (Å²) in [5, 5.41) is 6.88. The van der Waals surface area contributed by atoms with Crippen LogP contribution in [0.4, 0.5) is 42.1 Å². The van der Waals surface area contributed by atoms with Gasteiger partial charge in [0.1, 0.15) is 16.9 Å². The van der Waals surface area contributed by atoms with E-state index in [0.29, 0.717) is 16.0 Å². The van der Waals surface area contributed by atoms with E-state index < -0.39 is 64.2 Å². The molecule has 0 aromatic heterocycles. The highest BCUT2D eigenvalue weighted by molar-refractivity contribution is 8.00. The zero-order valence-corrected chi connectivity index (χ0v) is 26.8. The summed E-state index contributed by atoms with van der Waals surface area (Å²) >= 11 is 0.811. The third kappa shape index (κ3) is 9.02. The zero-order valence-electron chi connectivity index (χ0n) is 26.0. The van der Waals surface area contributed by atoms with Crippen molar-refractivity contribution < 1.29 is 45.1 Å². The van der Waals surface area contributed by atoms with Gasteiger partial charge in [0.05, 0.1) is 5.75 Å². The largest absolute Gasteiger partial charge is 0.422 e. The van der Waals surface area contributed by atoms with Crippen molar-refractivity contribution in [1.82, 2.24) is 5.32 Å². The lowest BCUT2D eigenvalue weighted by Gasteiger charge is -2.14. The third-order valence-electron chi connectivity index (χ3n) is 7.15. The van der Waals surface area contributed by atoms with Crippen LogP contribution in [0.25, 0.3) is 17.2 Å². The van der Waals surface area contributed by atoms with E-state index in [1.165, 1.54) is 30.3 Å². The van der Waals surface area contributed by atoms with E-state index in [0.717, 1.165) is 22.9 Å². The molecule has 0 heterocycles. The molecule has 0 spiro atoms. The van der Waals surface area contributed by atoms with Crippen molar-refractivity contribution in [2.75, 3.05) is 16.4 Å². The molecule has 3 amide bonds. The molecule has 0 atom stereocenters. The number of amides is 3. The SMILES string of the molecule is O=C(CSc1ccc(NC(=O)/C(=C/c2ccc(-c3ccccc3)cc2)NC(=O)c2ccccc2)cc1)Nc1c(F)c(F)c(C(F)(F)F)c(F)c1F. The first-order valence-corrected chi connectivity index (χ1v) is 15.8. The lowest BCUT2D eigenvalue weighted by molar-refractivity contribution is -0.143. The minimum Gasteiger partial charge on any atom is -0.321 e. The molecule has 0 aliphatic carbocycles. The number of hydrogen-bond acceptors (Lipinski definition) is 4. The Hall–Kier alpha value is -5.89. The Labute approximate surface area is 290 Å². The van der Waals surface area contributed by atoms with Gasteiger partial charge in [-0.1, -0.05) is 72.8 Å². The molecule has 0 aliphatic rings. The summed E-state index contributed by atoms with van der Waals surface area (Å²) in [6.07, 6.45) is -4.21. The van der Waals surface area contributed by atoms with Crippen LogP contribution in [0.3, 0.4) is 0 Å². The Morgan fingerprint density at radius 2 is 1.20 bits per heavy atom. The number of carbonyl (C=O) groups excluding carboxylic acids is 3. The van der Waals surface area contributed by atoms with Crippen LogP contribution in [0.5, 0.6) is 0 Å². The van der Waals surface area contributed by atoms with Gasteiger partial charge in [0, 0.05) is 16.1 Å². The molecule has 0 saturated heterocycles. The fourth-order valence-electron chi connectivity index (χ4n) is 4.66. The van der Waals surface area contributed by atoms with Gasteiger partial charge in [0.25, 0.3) is 11.8 Å². The van der Waals surface area contributed by atoms with E-state index in [1.807, 2.05) is 42.5 Å². The first-order chi connectivity index (χ1) is 24.3. The predicted octanol–water partition coefficient (Wildman–Crippen LogP) is 9.07. The second kappa shape index (κ2) is 15.8. The Morgan fingerprint density at radius 3 is 1.76 bits per heavy atom. The number of carbonyl (C=O) groups is 3. The number of halogens is 7. The highest BCUT2D eigenvalue weighted by atomic mass is 32.2. The molecule has 0 bridgehead atoms. The number of thioether (sulfide) groups is 1. The fraction of sp³-hybridized carbons (Fsp3) is 0.0541. The second-order valence-corrected chi connectivity index (χ2v) is 11.7. The van der Waals surface area contributed by atoms with Crippen LogP contribution in [-0.4, -0.2) is 23.5 Å². The van der Waals surface area contributed by atoms with E-state index in [-0.39, 0.29) is 11.4 Å². The molecule has 51 heavy (non-hydrogen) atoms. The Balaban J connectivity index is 1.26. The van der Waals surface area contributed by atoms with Gasteiger partial charge in [-0.15, -0.1) is 11.8 Å². The van der Waals surface area contributed by atoms with Gasteiger partial charge in [-0.2, -0.15) is 13.2 Å². The standard InChI is InChI=1S/C37H24F7N3O3S/c38-30-29(37(42,43)44)31(39)33(41)34(32(30)40)47-28(48)20-51-26-17-15-25(16-18-26)45-36(50)27(46-35(49)24-9-5-2-6-10-24)19-21-11-13-23(14-12-21)22-7-3-1-4-8-22/h1-19H,20H2,(H,45,50)(H,46,49)(H,47,48)/b27-19-. The first-order valence-electron chi connectivity index (χ1n) is 14.8. The molecule has 0 radical (unpaired) electrons.